The van der Waals surface area contributed by atoms with Crippen molar-refractivity contribution in [2.45, 2.75) is 41.0 Å². The zero-order valence-corrected chi connectivity index (χ0v) is 13.4. The fourth-order valence-electron chi connectivity index (χ4n) is 2.00. The molecule has 2 aromatic rings. The molecule has 22 heavy (non-hydrogen) atoms. The fraction of sp³-hybridized carbons (Fsp3) is 0.571. The summed E-state index contributed by atoms with van der Waals surface area (Å²) in [4.78, 5) is 40.4. The van der Waals surface area contributed by atoms with Crippen LogP contribution in [0.3, 0.4) is 0 Å². The molecule has 0 aliphatic heterocycles. The molecule has 0 aromatic carbocycles. The summed E-state index contributed by atoms with van der Waals surface area (Å²) in [6, 6.07) is 0. The van der Waals surface area contributed by atoms with Gasteiger partial charge < -0.3 is 9.30 Å². The van der Waals surface area contributed by atoms with Gasteiger partial charge in [-0.1, -0.05) is 0 Å². The molecule has 0 saturated carbocycles. The number of esters is 1. The predicted molar refractivity (Wildman–Crippen MR) is 80.5 cm³/mol. The third-order valence-electron chi connectivity index (χ3n) is 3.38. The number of imidazole rings is 1. The molecule has 0 radical (unpaired) electrons. The van der Waals surface area contributed by atoms with Crippen molar-refractivity contribution in [3.8, 4) is 0 Å². The summed E-state index contributed by atoms with van der Waals surface area (Å²) in [6.07, 6.45) is 1.49. The first kappa shape index (κ1) is 16.0. The van der Waals surface area contributed by atoms with E-state index >= 15 is 0 Å². The van der Waals surface area contributed by atoms with Crippen molar-refractivity contribution < 1.29 is 9.53 Å². The SMILES string of the molecule is CCn1cnc2c1c(=O)n(C)c(=O)n2COC(=O)C(C)(C)C. The molecule has 0 aliphatic carbocycles. The van der Waals surface area contributed by atoms with Gasteiger partial charge >= 0.3 is 11.7 Å². The number of hydrogen-bond donors (Lipinski definition) is 0. The van der Waals surface area contributed by atoms with Gasteiger partial charge in [0.1, 0.15) is 0 Å². The van der Waals surface area contributed by atoms with E-state index in [1.165, 1.54) is 17.9 Å². The molecule has 2 rings (SSSR count). The molecule has 120 valence electrons. The minimum Gasteiger partial charge on any atom is -0.443 e. The third-order valence-corrected chi connectivity index (χ3v) is 3.38. The van der Waals surface area contributed by atoms with Crippen molar-refractivity contribution in [3.63, 3.8) is 0 Å². The van der Waals surface area contributed by atoms with Gasteiger partial charge in [0.25, 0.3) is 5.56 Å². The molecule has 0 bridgehead atoms. The molecular weight excluding hydrogens is 288 g/mol. The van der Waals surface area contributed by atoms with E-state index in [0.29, 0.717) is 12.1 Å². The van der Waals surface area contributed by atoms with Crippen LogP contribution in [0.1, 0.15) is 27.7 Å². The summed E-state index contributed by atoms with van der Waals surface area (Å²) in [7, 11) is 1.39. The Morgan fingerprint density at radius 2 is 1.95 bits per heavy atom. The molecule has 8 nitrogen and oxygen atoms in total. The van der Waals surface area contributed by atoms with Crippen LogP contribution in [0.4, 0.5) is 0 Å². The second-order valence-electron chi connectivity index (χ2n) is 6.09. The maximum Gasteiger partial charge on any atom is 0.335 e. The molecule has 2 heterocycles. The average molecular weight is 308 g/mol. The maximum atomic E-state index is 12.2. The molecule has 8 heteroatoms. The number of carbonyl (C=O) groups is 1. The lowest BCUT2D eigenvalue weighted by molar-refractivity contribution is -0.156. The van der Waals surface area contributed by atoms with Crippen molar-refractivity contribution in [1.29, 1.82) is 0 Å². The van der Waals surface area contributed by atoms with E-state index < -0.39 is 22.6 Å². The molecule has 0 unspecified atom stereocenters. The van der Waals surface area contributed by atoms with Crippen LogP contribution in [-0.2, 0) is 29.9 Å². The second-order valence-corrected chi connectivity index (χ2v) is 6.09. The van der Waals surface area contributed by atoms with E-state index in [0.717, 1.165) is 4.57 Å². The Kier molecular flexibility index (Phi) is 3.95. The number of aromatic nitrogens is 4. The van der Waals surface area contributed by atoms with Crippen LogP contribution in [-0.4, -0.2) is 24.7 Å². The summed E-state index contributed by atoms with van der Waals surface area (Å²) >= 11 is 0. The highest BCUT2D eigenvalue weighted by Crippen LogP contribution is 2.15. The summed E-state index contributed by atoms with van der Waals surface area (Å²) in [5.41, 5.74) is -1.13. The first-order chi connectivity index (χ1) is 10.2. The molecular formula is C14H20N4O4. The monoisotopic (exact) mass is 308 g/mol. The van der Waals surface area contributed by atoms with Crippen molar-refractivity contribution >= 4 is 17.1 Å². The fourth-order valence-corrected chi connectivity index (χ4v) is 2.00. The van der Waals surface area contributed by atoms with Gasteiger partial charge in [0.2, 0.25) is 0 Å². The van der Waals surface area contributed by atoms with E-state index in [1.807, 2.05) is 6.92 Å². The Morgan fingerprint density at radius 3 is 2.50 bits per heavy atom. The first-order valence-corrected chi connectivity index (χ1v) is 7.00. The molecule has 0 atom stereocenters. The molecule has 0 saturated heterocycles. The molecule has 0 spiro atoms. The third kappa shape index (κ3) is 2.56. The standard InChI is InChI=1S/C14H20N4O4/c1-6-17-7-15-10-9(17)11(19)16(5)13(21)18(10)8-22-12(20)14(2,3)4/h7H,6,8H2,1-5H3. The summed E-state index contributed by atoms with van der Waals surface area (Å²) in [5, 5.41) is 0. The van der Waals surface area contributed by atoms with Crippen LogP contribution in [0.15, 0.2) is 15.9 Å². The zero-order chi connectivity index (χ0) is 16.7. The molecule has 0 N–H and O–H groups in total. The number of nitrogens with zero attached hydrogens (tertiary/aromatic N) is 4. The lowest BCUT2D eigenvalue weighted by atomic mass is 9.98. The lowest BCUT2D eigenvalue weighted by Crippen LogP contribution is -2.40. The summed E-state index contributed by atoms with van der Waals surface area (Å²) < 4.78 is 9.00. The van der Waals surface area contributed by atoms with E-state index in [4.69, 9.17) is 4.74 Å². The summed E-state index contributed by atoms with van der Waals surface area (Å²) in [5.74, 6) is -0.434. The van der Waals surface area contributed by atoms with E-state index in [1.54, 1.807) is 25.3 Å². The van der Waals surface area contributed by atoms with Gasteiger partial charge in [0.15, 0.2) is 17.9 Å². The Hall–Kier alpha value is -2.38. The van der Waals surface area contributed by atoms with Crippen LogP contribution in [0.2, 0.25) is 0 Å². The molecule has 2 aromatic heterocycles. The predicted octanol–water partition coefficient (Wildman–Crippen LogP) is 0.463. The van der Waals surface area contributed by atoms with Crippen LogP contribution in [0, 0.1) is 5.41 Å². The first-order valence-electron chi connectivity index (χ1n) is 7.00. The maximum absolute atomic E-state index is 12.2. The van der Waals surface area contributed by atoms with E-state index in [9.17, 15) is 14.4 Å². The van der Waals surface area contributed by atoms with Crippen LogP contribution in [0.25, 0.3) is 11.2 Å². The second kappa shape index (κ2) is 5.43. The normalized spacial score (nSPS) is 11.9. The van der Waals surface area contributed by atoms with Gasteiger partial charge in [-0.05, 0) is 27.7 Å². The Labute approximate surface area is 126 Å². The summed E-state index contributed by atoms with van der Waals surface area (Å²) in [6.45, 7) is 7.31. The largest absolute Gasteiger partial charge is 0.443 e. The van der Waals surface area contributed by atoms with Gasteiger partial charge in [-0.3, -0.25) is 14.2 Å². The van der Waals surface area contributed by atoms with Crippen LogP contribution < -0.4 is 11.2 Å². The number of ether oxygens (including phenoxy) is 1. The Balaban J connectivity index is 2.55. The van der Waals surface area contributed by atoms with Crippen molar-refractivity contribution in [3.05, 3.63) is 27.2 Å². The number of aryl methyl sites for hydroxylation is 1. The van der Waals surface area contributed by atoms with E-state index in [2.05, 4.69) is 4.98 Å². The van der Waals surface area contributed by atoms with Crippen molar-refractivity contribution in [1.82, 2.24) is 18.7 Å². The molecule has 0 fully saturated rings. The average Bonchev–Trinajstić information content (AvgIpc) is 2.87. The van der Waals surface area contributed by atoms with Gasteiger partial charge in [-0.15, -0.1) is 0 Å². The number of fused-ring (bicyclic) bond motifs is 1. The highest BCUT2D eigenvalue weighted by Gasteiger charge is 2.24. The Bertz CT molecular complexity index is 835. The van der Waals surface area contributed by atoms with Gasteiger partial charge in [-0.2, -0.15) is 0 Å². The van der Waals surface area contributed by atoms with E-state index in [-0.39, 0.29) is 12.4 Å². The van der Waals surface area contributed by atoms with Gasteiger partial charge in [0, 0.05) is 13.6 Å². The number of hydrogen-bond acceptors (Lipinski definition) is 5. The quantitative estimate of drug-likeness (QED) is 0.769. The minimum absolute atomic E-state index is 0.219. The molecule has 0 amide bonds. The highest BCUT2D eigenvalue weighted by atomic mass is 16.5. The van der Waals surface area contributed by atoms with Crippen molar-refractivity contribution in [2.75, 3.05) is 0 Å². The van der Waals surface area contributed by atoms with Gasteiger partial charge in [0.05, 0.1) is 11.7 Å². The van der Waals surface area contributed by atoms with Crippen LogP contribution in [0.5, 0.6) is 0 Å². The number of rotatable bonds is 3. The smallest absolute Gasteiger partial charge is 0.335 e. The van der Waals surface area contributed by atoms with Crippen LogP contribution >= 0.6 is 0 Å². The lowest BCUT2D eigenvalue weighted by Gasteiger charge is -2.17. The topological polar surface area (TPSA) is 88.1 Å². The molecule has 0 aliphatic rings. The Morgan fingerprint density at radius 1 is 1.32 bits per heavy atom. The zero-order valence-electron chi connectivity index (χ0n) is 13.4. The highest BCUT2D eigenvalue weighted by molar-refractivity contribution is 5.75. The van der Waals surface area contributed by atoms with Crippen molar-refractivity contribution in [2.24, 2.45) is 12.5 Å². The number of carbonyl (C=O) groups excluding carboxylic acids is 1. The minimum atomic E-state index is -0.674. The van der Waals surface area contributed by atoms with Gasteiger partial charge in [-0.25, -0.2) is 14.3 Å².